The molecule has 1 amide bonds. The van der Waals surface area contributed by atoms with Gasteiger partial charge in [-0.3, -0.25) is 4.79 Å². The van der Waals surface area contributed by atoms with E-state index in [9.17, 15) is 4.79 Å². The van der Waals surface area contributed by atoms with Crippen molar-refractivity contribution in [3.05, 3.63) is 35.5 Å². The van der Waals surface area contributed by atoms with Gasteiger partial charge in [-0.25, -0.2) is 0 Å². The fourth-order valence-electron chi connectivity index (χ4n) is 2.53. The Balaban J connectivity index is 2.52. The van der Waals surface area contributed by atoms with Crippen LogP contribution in [0.15, 0.2) is 24.3 Å². The number of carbonyl (C=O) groups excluding carboxylic acids is 1. The molecule has 2 aromatic rings. The van der Waals surface area contributed by atoms with E-state index < -0.39 is 5.54 Å². The fourth-order valence-corrected chi connectivity index (χ4v) is 2.59. The van der Waals surface area contributed by atoms with Crippen LogP contribution in [0.25, 0.3) is 10.9 Å². The first-order valence-corrected chi connectivity index (χ1v) is 6.44. The van der Waals surface area contributed by atoms with Gasteiger partial charge in [-0.2, -0.15) is 0 Å². The van der Waals surface area contributed by atoms with Crippen molar-refractivity contribution < 1.29 is 4.79 Å². The quantitative estimate of drug-likeness (QED) is 0.823. The van der Waals surface area contributed by atoms with E-state index in [4.69, 9.17) is 11.6 Å². The average Bonchev–Trinajstić information content (AvgIpc) is 2.64. The lowest BCUT2D eigenvalue weighted by Crippen LogP contribution is -2.42. The second-order valence-electron chi connectivity index (χ2n) is 4.98. The summed E-state index contributed by atoms with van der Waals surface area (Å²) < 4.78 is 0. The van der Waals surface area contributed by atoms with Crippen LogP contribution < -0.4 is 5.32 Å². The summed E-state index contributed by atoms with van der Waals surface area (Å²) in [5.41, 5.74) is 2.81. The number of aryl methyl sites for hydroxylation is 1. The van der Waals surface area contributed by atoms with Crippen molar-refractivity contribution in [1.29, 1.82) is 0 Å². The maximum atomic E-state index is 11.5. The number of hydrogen-bond acceptors (Lipinski definition) is 1. The number of carbonyl (C=O) groups is 1. The molecule has 1 aromatic heterocycles. The lowest BCUT2D eigenvalue weighted by atomic mass is 9.91. The van der Waals surface area contributed by atoms with Crippen LogP contribution in [0.5, 0.6) is 0 Å². The van der Waals surface area contributed by atoms with Crippen molar-refractivity contribution in [3.63, 3.8) is 0 Å². The summed E-state index contributed by atoms with van der Waals surface area (Å²) in [6.07, 6.45) is 0. The van der Waals surface area contributed by atoms with E-state index in [0.29, 0.717) is 0 Å². The molecule has 0 spiro atoms. The van der Waals surface area contributed by atoms with E-state index >= 15 is 0 Å². The lowest BCUT2D eigenvalue weighted by Gasteiger charge is -2.27. The number of hydrogen-bond donors (Lipinski definition) is 2. The molecule has 0 unspecified atom stereocenters. The van der Waals surface area contributed by atoms with Gasteiger partial charge in [0.1, 0.15) is 5.88 Å². The maximum absolute atomic E-state index is 11.5. The van der Waals surface area contributed by atoms with Crippen molar-refractivity contribution in [2.45, 2.75) is 26.3 Å². The zero-order valence-corrected chi connectivity index (χ0v) is 11.6. The summed E-state index contributed by atoms with van der Waals surface area (Å²) in [6, 6.07) is 8.08. The third kappa shape index (κ3) is 2.23. The lowest BCUT2D eigenvalue weighted by molar-refractivity contribution is -0.120. The van der Waals surface area contributed by atoms with Gasteiger partial charge in [0.2, 0.25) is 5.91 Å². The van der Waals surface area contributed by atoms with Crippen molar-refractivity contribution >= 4 is 28.4 Å². The number of H-pyrrole nitrogens is 1. The predicted molar refractivity (Wildman–Crippen MR) is 74.9 cm³/mol. The molecule has 0 saturated heterocycles. The van der Waals surface area contributed by atoms with Crippen LogP contribution in [0.4, 0.5) is 0 Å². The highest BCUT2D eigenvalue weighted by Crippen LogP contribution is 2.31. The first-order chi connectivity index (χ1) is 8.45. The zero-order valence-electron chi connectivity index (χ0n) is 10.8. The molecule has 0 aliphatic carbocycles. The van der Waals surface area contributed by atoms with Gasteiger partial charge in [-0.05, 0) is 26.8 Å². The van der Waals surface area contributed by atoms with Crippen molar-refractivity contribution in [1.82, 2.24) is 10.3 Å². The molecular formula is C14H17ClN2O. The summed E-state index contributed by atoms with van der Waals surface area (Å²) in [5, 5.41) is 4.08. The van der Waals surface area contributed by atoms with Crippen LogP contribution in [0.2, 0.25) is 0 Å². The third-order valence-electron chi connectivity index (χ3n) is 3.09. The van der Waals surface area contributed by atoms with E-state index in [2.05, 4.69) is 16.4 Å². The average molecular weight is 265 g/mol. The largest absolute Gasteiger partial charge is 0.358 e. The Kier molecular flexibility index (Phi) is 3.35. The summed E-state index contributed by atoms with van der Waals surface area (Å²) in [7, 11) is 0. The Morgan fingerprint density at radius 2 is 2.06 bits per heavy atom. The van der Waals surface area contributed by atoms with Gasteiger partial charge < -0.3 is 10.3 Å². The third-order valence-corrected chi connectivity index (χ3v) is 3.33. The number of nitrogens with one attached hydrogen (secondary N) is 2. The van der Waals surface area contributed by atoms with Crippen molar-refractivity contribution in [2.75, 3.05) is 5.88 Å². The van der Waals surface area contributed by atoms with Gasteiger partial charge in [0.15, 0.2) is 0 Å². The molecule has 4 heteroatoms. The van der Waals surface area contributed by atoms with E-state index in [1.165, 1.54) is 0 Å². The van der Waals surface area contributed by atoms with Gasteiger partial charge in [0, 0.05) is 22.2 Å². The number of amides is 1. The fraction of sp³-hybridized carbons (Fsp3) is 0.357. The maximum Gasteiger partial charge on any atom is 0.235 e. The van der Waals surface area contributed by atoms with Gasteiger partial charge in [0.05, 0.1) is 5.54 Å². The Morgan fingerprint density at radius 1 is 1.39 bits per heavy atom. The van der Waals surface area contributed by atoms with Crippen LogP contribution in [-0.4, -0.2) is 16.8 Å². The first-order valence-electron chi connectivity index (χ1n) is 5.90. The number of aromatic amines is 1. The molecule has 0 aliphatic rings. The zero-order chi connectivity index (χ0) is 13.3. The van der Waals surface area contributed by atoms with Crippen molar-refractivity contribution in [3.8, 4) is 0 Å². The Bertz CT molecular complexity index is 586. The number of benzene rings is 1. The summed E-state index contributed by atoms with van der Waals surface area (Å²) >= 11 is 5.56. The number of para-hydroxylation sites is 1. The minimum absolute atomic E-state index is 0.0230. The molecule has 0 bridgehead atoms. The summed E-state index contributed by atoms with van der Waals surface area (Å²) in [5.74, 6) is -0.184. The SMILES string of the molecule is Cc1[nH]c2ccccc2c1C(C)(C)NC(=O)CCl. The highest BCUT2D eigenvalue weighted by Gasteiger charge is 2.27. The minimum Gasteiger partial charge on any atom is -0.358 e. The standard InChI is InChI=1S/C14H17ClN2O/c1-9-13(14(2,3)17-12(18)8-15)10-6-4-5-7-11(10)16-9/h4-7,16H,8H2,1-3H3,(H,17,18). The first kappa shape index (κ1) is 13.0. The molecule has 0 saturated carbocycles. The van der Waals surface area contributed by atoms with E-state index in [-0.39, 0.29) is 11.8 Å². The normalized spacial score (nSPS) is 11.8. The topological polar surface area (TPSA) is 44.9 Å². The minimum atomic E-state index is -0.449. The second kappa shape index (κ2) is 4.65. The van der Waals surface area contributed by atoms with Gasteiger partial charge in [-0.1, -0.05) is 18.2 Å². The van der Waals surface area contributed by atoms with Crippen molar-refractivity contribution in [2.24, 2.45) is 0 Å². The molecule has 2 rings (SSSR count). The van der Waals surface area contributed by atoms with Crippen LogP contribution in [0, 0.1) is 6.92 Å². The molecule has 96 valence electrons. The van der Waals surface area contributed by atoms with E-state index in [0.717, 1.165) is 22.2 Å². The number of aromatic nitrogens is 1. The van der Waals surface area contributed by atoms with Crippen LogP contribution in [-0.2, 0) is 10.3 Å². The predicted octanol–water partition coefficient (Wildman–Crippen LogP) is 3.07. The monoisotopic (exact) mass is 264 g/mol. The van der Waals surface area contributed by atoms with E-state index in [1.807, 2.05) is 39.0 Å². The summed E-state index contributed by atoms with van der Waals surface area (Å²) in [6.45, 7) is 5.99. The highest BCUT2D eigenvalue weighted by atomic mass is 35.5. The Hall–Kier alpha value is -1.48. The smallest absolute Gasteiger partial charge is 0.235 e. The summed E-state index contributed by atoms with van der Waals surface area (Å²) in [4.78, 5) is 14.9. The molecule has 18 heavy (non-hydrogen) atoms. The molecule has 0 radical (unpaired) electrons. The van der Waals surface area contributed by atoms with Crippen LogP contribution in [0.3, 0.4) is 0 Å². The van der Waals surface area contributed by atoms with Crippen LogP contribution >= 0.6 is 11.6 Å². The number of alkyl halides is 1. The molecule has 2 N–H and O–H groups in total. The molecule has 3 nitrogen and oxygen atoms in total. The molecule has 0 fully saturated rings. The number of fused-ring (bicyclic) bond motifs is 1. The molecule has 0 atom stereocenters. The number of halogens is 1. The van der Waals surface area contributed by atoms with Crippen LogP contribution in [0.1, 0.15) is 25.1 Å². The van der Waals surface area contributed by atoms with Gasteiger partial charge >= 0.3 is 0 Å². The van der Waals surface area contributed by atoms with Gasteiger partial charge in [-0.15, -0.1) is 11.6 Å². The molecule has 0 aliphatic heterocycles. The number of rotatable bonds is 3. The molecular weight excluding hydrogens is 248 g/mol. The Labute approximate surface area is 112 Å². The molecule has 1 aromatic carbocycles. The molecule has 1 heterocycles. The van der Waals surface area contributed by atoms with E-state index in [1.54, 1.807) is 0 Å². The van der Waals surface area contributed by atoms with Gasteiger partial charge in [0.25, 0.3) is 0 Å². The second-order valence-corrected chi connectivity index (χ2v) is 5.24. The highest BCUT2D eigenvalue weighted by molar-refractivity contribution is 6.27. The Morgan fingerprint density at radius 3 is 2.72 bits per heavy atom.